The van der Waals surface area contributed by atoms with Crippen LogP contribution in [-0.4, -0.2) is 20.4 Å². The van der Waals surface area contributed by atoms with Crippen LogP contribution in [-0.2, 0) is 0 Å². The molecule has 0 saturated heterocycles. The molecular weight excluding hydrogens is 238 g/mol. The smallest absolute Gasteiger partial charge is 0.257 e. The summed E-state index contributed by atoms with van der Waals surface area (Å²) in [7, 11) is 0. The van der Waals surface area contributed by atoms with Crippen molar-refractivity contribution >= 4 is 22.6 Å². The largest absolute Gasteiger partial charge is 0.508 e. The molecule has 2 N–H and O–H groups in total. The van der Waals surface area contributed by atoms with Gasteiger partial charge in [0, 0.05) is 22.7 Å². The first-order valence-electron chi connectivity index (χ1n) is 4.98. The lowest BCUT2D eigenvalue weighted by molar-refractivity contribution is 0.102. The maximum absolute atomic E-state index is 11.9. The highest BCUT2D eigenvalue weighted by atomic mass is 32.1. The predicted molar refractivity (Wildman–Crippen MR) is 65.4 cm³/mol. The normalized spacial score (nSPS) is 10.2. The van der Waals surface area contributed by atoms with Gasteiger partial charge in [-0.2, -0.15) is 4.37 Å². The molecule has 0 atom stereocenters. The summed E-state index contributed by atoms with van der Waals surface area (Å²) in [4.78, 5) is 16.0. The molecule has 0 unspecified atom stereocenters. The van der Waals surface area contributed by atoms with E-state index in [1.165, 1.54) is 0 Å². The number of carbonyl (C=O) groups is 1. The predicted octanol–water partition coefficient (Wildman–Crippen LogP) is 2.11. The molecule has 0 radical (unpaired) electrons. The molecule has 0 aliphatic carbocycles. The van der Waals surface area contributed by atoms with Crippen molar-refractivity contribution in [3.05, 3.63) is 35.2 Å². The molecule has 17 heavy (non-hydrogen) atoms. The van der Waals surface area contributed by atoms with Crippen LogP contribution in [0.15, 0.2) is 18.2 Å². The van der Waals surface area contributed by atoms with Crippen LogP contribution in [0.3, 0.4) is 0 Å². The highest BCUT2D eigenvalue weighted by Crippen LogP contribution is 2.21. The summed E-state index contributed by atoms with van der Waals surface area (Å²) in [6, 6.07) is 4.82. The van der Waals surface area contributed by atoms with Crippen molar-refractivity contribution in [1.29, 1.82) is 0 Å². The Labute approximate surface area is 102 Å². The van der Waals surface area contributed by atoms with Crippen LogP contribution >= 0.6 is 11.5 Å². The van der Waals surface area contributed by atoms with Crippen molar-refractivity contribution < 1.29 is 9.90 Å². The molecule has 0 aliphatic heterocycles. The lowest BCUT2D eigenvalue weighted by Crippen LogP contribution is -2.13. The number of hydrogen-bond donors (Lipinski definition) is 2. The van der Waals surface area contributed by atoms with Crippen LogP contribution in [0, 0.1) is 13.8 Å². The average molecular weight is 249 g/mol. The zero-order valence-corrected chi connectivity index (χ0v) is 10.2. The van der Waals surface area contributed by atoms with Gasteiger partial charge in [-0.25, -0.2) is 4.98 Å². The van der Waals surface area contributed by atoms with Gasteiger partial charge in [-0.1, -0.05) is 6.07 Å². The summed E-state index contributed by atoms with van der Waals surface area (Å²) < 4.78 is 3.97. The van der Waals surface area contributed by atoms with E-state index in [0.29, 0.717) is 22.1 Å². The Morgan fingerprint density at radius 3 is 2.82 bits per heavy atom. The van der Waals surface area contributed by atoms with Gasteiger partial charge in [0.2, 0.25) is 5.13 Å². The Bertz CT molecular complexity index is 566. The monoisotopic (exact) mass is 249 g/mol. The number of phenolic OH excluding ortho intramolecular Hbond substituents is 1. The minimum atomic E-state index is -0.297. The first-order valence-corrected chi connectivity index (χ1v) is 5.75. The summed E-state index contributed by atoms with van der Waals surface area (Å²) in [5.74, 6) is 0.429. The Morgan fingerprint density at radius 1 is 1.41 bits per heavy atom. The highest BCUT2D eigenvalue weighted by molar-refractivity contribution is 7.09. The molecular formula is C11H11N3O2S. The van der Waals surface area contributed by atoms with Gasteiger partial charge in [0.05, 0.1) is 0 Å². The van der Waals surface area contributed by atoms with Gasteiger partial charge in [0.25, 0.3) is 5.91 Å². The van der Waals surface area contributed by atoms with Gasteiger partial charge < -0.3 is 5.11 Å². The van der Waals surface area contributed by atoms with Crippen molar-refractivity contribution in [2.45, 2.75) is 13.8 Å². The molecule has 0 aliphatic rings. The van der Waals surface area contributed by atoms with Crippen molar-refractivity contribution in [2.24, 2.45) is 0 Å². The number of nitrogens with zero attached hydrogens (tertiary/aromatic N) is 2. The standard InChI is InChI=1S/C11H11N3O2S/c1-6-8(4-3-5-9(6)15)10(16)13-11-12-7(2)14-17-11/h3-5,15H,1-2H3,(H,12,13,14,16). The quantitative estimate of drug-likeness (QED) is 0.854. The van der Waals surface area contributed by atoms with Crippen molar-refractivity contribution in [1.82, 2.24) is 9.36 Å². The maximum atomic E-state index is 11.9. The van der Waals surface area contributed by atoms with Crippen molar-refractivity contribution in [3.63, 3.8) is 0 Å². The maximum Gasteiger partial charge on any atom is 0.257 e. The summed E-state index contributed by atoms with van der Waals surface area (Å²) in [5.41, 5.74) is 0.976. The van der Waals surface area contributed by atoms with E-state index in [4.69, 9.17) is 0 Å². The molecule has 88 valence electrons. The van der Waals surface area contributed by atoms with E-state index < -0.39 is 0 Å². The fourth-order valence-electron chi connectivity index (χ4n) is 1.38. The molecule has 1 heterocycles. The van der Waals surface area contributed by atoms with E-state index in [1.54, 1.807) is 32.0 Å². The molecule has 0 bridgehead atoms. The summed E-state index contributed by atoms with van der Waals surface area (Å²) in [6.45, 7) is 3.45. The average Bonchev–Trinajstić information content (AvgIpc) is 2.68. The fraction of sp³-hybridized carbons (Fsp3) is 0.182. The van der Waals surface area contributed by atoms with Gasteiger partial charge in [-0.3, -0.25) is 10.1 Å². The number of aromatic nitrogens is 2. The van der Waals surface area contributed by atoms with Crippen LogP contribution < -0.4 is 5.32 Å². The summed E-state index contributed by atoms with van der Waals surface area (Å²) in [6.07, 6.45) is 0. The van der Waals surface area contributed by atoms with Gasteiger partial charge in [-0.15, -0.1) is 0 Å². The number of carbonyl (C=O) groups excluding carboxylic acids is 1. The molecule has 6 heteroatoms. The summed E-state index contributed by atoms with van der Waals surface area (Å²) >= 11 is 1.13. The molecule has 1 aromatic heterocycles. The molecule has 1 aromatic carbocycles. The Balaban J connectivity index is 2.23. The molecule has 0 spiro atoms. The summed E-state index contributed by atoms with van der Waals surface area (Å²) in [5, 5.41) is 12.6. The number of aryl methyl sites for hydroxylation is 1. The minimum absolute atomic E-state index is 0.103. The molecule has 5 nitrogen and oxygen atoms in total. The third-order valence-corrected chi connectivity index (χ3v) is 3.02. The third-order valence-electron chi connectivity index (χ3n) is 2.30. The number of rotatable bonds is 2. The lowest BCUT2D eigenvalue weighted by atomic mass is 10.1. The first kappa shape index (κ1) is 11.5. The van der Waals surface area contributed by atoms with Crippen molar-refractivity contribution in [2.75, 3.05) is 5.32 Å². The second-order valence-electron chi connectivity index (χ2n) is 3.55. The van der Waals surface area contributed by atoms with Crippen LogP contribution in [0.2, 0.25) is 0 Å². The van der Waals surface area contributed by atoms with Crippen LogP contribution in [0.4, 0.5) is 5.13 Å². The van der Waals surface area contributed by atoms with Gasteiger partial charge in [-0.05, 0) is 26.0 Å². The van der Waals surface area contributed by atoms with Gasteiger partial charge >= 0.3 is 0 Å². The van der Waals surface area contributed by atoms with E-state index in [9.17, 15) is 9.90 Å². The van der Waals surface area contributed by atoms with E-state index in [1.807, 2.05) is 0 Å². The second kappa shape index (κ2) is 4.50. The Kier molecular flexibility index (Phi) is 3.06. The van der Waals surface area contributed by atoms with E-state index in [2.05, 4.69) is 14.7 Å². The van der Waals surface area contributed by atoms with Crippen LogP contribution in [0.5, 0.6) is 5.75 Å². The lowest BCUT2D eigenvalue weighted by Gasteiger charge is -2.06. The number of hydrogen-bond acceptors (Lipinski definition) is 5. The second-order valence-corrected chi connectivity index (χ2v) is 4.30. The number of aromatic hydroxyl groups is 1. The zero-order valence-electron chi connectivity index (χ0n) is 9.39. The minimum Gasteiger partial charge on any atom is -0.508 e. The van der Waals surface area contributed by atoms with Crippen molar-refractivity contribution in [3.8, 4) is 5.75 Å². The number of phenols is 1. The molecule has 2 rings (SSSR count). The SMILES string of the molecule is Cc1nsc(NC(=O)c2cccc(O)c2C)n1. The van der Waals surface area contributed by atoms with Gasteiger partial charge in [0.15, 0.2) is 0 Å². The van der Waals surface area contributed by atoms with Crippen LogP contribution in [0.25, 0.3) is 0 Å². The molecule has 2 aromatic rings. The highest BCUT2D eigenvalue weighted by Gasteiger charge is 2.13. The number of benzene rings is 1. The first-order chi connectivity index (χ1) is 8.08. The number of nitrogens with one attached hydrogen (secondary N) is 1. The fourth-order valence-corrected chi connectivity index (χ4v) is 1.95. The van der Waals surface area contributed by atoms with Gasteiger partial charge in [0.1, 0.15) is 11.6 Å². The van der Waals surface area contributed by atoms with E-state index in [0.717, 1.165) is 11.5 Å². The Morgan fingerprint density at radius 2 is 2.18 bits per heavy atom. The topological polar surface area (TPSA) is 75.1 Å². The molecule has 1 amide bonds. The Hall–Kier alpha value is -1.95. The molecule has 0 saturated carbocycles. The third kappa shape index (κ3) is 2.42. The van der Waals surface area contributed by atoms with E-state index >= 15 is 0 Å². The zero-order chi connectivity index (χ0) is 12.4. The molecule has 0 fully saturated rings. The van der Waals surface area contributed by atoms with Crippen LogP contribution in [0.1, 0.15) is 21.7 Å². The number of anilines is 1. The number of amides is 1. The van der Waals surface area contributed by atoms with E-state index in [-0.39, 0.29) is 11.7 Å².